The van der Waals surface area contributed by atoms with Crippen LogP contribution < -0.4 is 4.90 Å². The zero-order valence-electron chi connectivity index (χ0n) is 37.7. The Morgan fingerprint density at radius 3 is 1.77 bits per heavy atom. The maximum atomic E-state index is 4.16. The lowest BCUT2D eigenvalue weighted by atomic mass is 9.70. The second-order valence-electron chi connectivity index (χ2n) is 19.3. The van der Waals surface area contributed by atoms with Crippen molar-refractivity contribution >= 4 is 22.6 Å². The molecule has 8 aromatic carbocycles. The third kappa shape index (κ3) is 5.77. The number of fused-ring (bicyclic) bond motifs is 13. The summed E-state index contributed by atoms with van der Waals surface area (Å²) in [5.74, 6) is 0. The first-order valence-electron chi connectivity index (χ1n) is 22.7. The minimum absolute atomic E-state index is 0.0892. The van der Waals surface area contributed by atoms with Crippen molar-refractivity contribution in [3.63, 3.8) is 0 Å². The van der Waals surface area contributed by atoms with Crippen molar-refractivity contribution in [3.8, 4) is 44.5 Å². The molecule has 0 saturated heterocycles. The molecule has 0 amide bonds. The summed E-state index contributed by atoms with van der Waals surface area (Å²) >= 11 is 0. The van der Waals surface area contributed by atoms with Gasteiger partial charge in [-0.15, -0.1) is 0 Å². The highest BCUT2D eigenvalue weighted by atomic mass is 15.1. The van der Waals surface area contributed by atoms with Gasteiger partial charge in [0.05, 0.1) is 11.1 Å². The highest BCUT2D eigenvalue weighted by molar-refractivity contribution is 6.02. The topological polar surface area (TPSA) is 3.24 Å². The minimum atomic E-state index is -0.511. The molecule has 310 valence electrons. The molecule has 0 saturated carbocycles. The van der Waals surface area contributed by atoms with Crippen LogP contribution in [0.15, 0.2) is 207 Å². The molecule has 1 unspecified atom stereocenters. The fraction of sp³-hybridized carbons (Fsp3) is 0.143. The molecular weight excluding hydrogens is 771 g/mol. The van der Waals surface area contributed by atoms with Crippen LogP contribution >= 0.6 is 0 Å². The van der Waals surface area contributed by atoms with E-state index in [9.17, 15) is 0 Å². The third-order valence-electron chi connectivity index (χ3n) is 14.4. The Bertz CT molecular complexity index is 3240. The van der Waals surface area contributed by atoms with Gasteiger partial charge in [-0.1, -0.05) is 205 Å². The van der Waals surface area contributed by atoms with Crippen LogP contribution in [0, 0.1) is 0 Å². The van der Waals surface area contributed by atoms with Gasteiger partial charge in [-0.05, 0) is 138 Å². The SMILES string of the molecule is C=C/C(=C\C=C/C)c1ccc(N(c2ccc3c(c2)C(C)(C)c2ccccc2-3)c2cccc3c2-c2ccccc2C32c3ccccc3-c3ccc(-c4ccc(C(C)(C)C)cc4)cc32)cc1. The van der Waals surface area contributed by atoms with E-state index in [1.54, 1.807) is 0 Å². The summed E-state index contributed by atoms with van der Waals surface area (Å²) in [5.41, 5.74) is 24.7. The number of benzene rings is 8. The second kappa shape index (κ2) is 14.7. The van der Waals surface area contributed by atoms with Crippen LogP contribution in [-0.4, -0.2) is 0 Å². The predicted molar refractivity (Wildman–Crippen MR) is 272 cm³/mol. The number of allylic oxidation sites excluding steroid dienone is 5. The number of rotatable bonds is 7. The number of anilines is 3. The van der Waals surface area contributed by atoms with Gasteiger partial charge in [-0.3, -0.25) is 0 Å². The Morgan fingerprint density at radius 1 is 0.516 bits per heavy atom. The lowest BCUT2D eigenvalue weighted by Crippen LogP contribution is -2.26. The zero-order valence-corrected chi connectivity index (χ0v) is 37.7. The normalized spacial score (nSPS) is 16.2. The fourth-order valence-corrected chi connectivity index (χ4v) is 11.2. The summed E-state index contributed by atoms with van der Waals surface area (Å²) in [7, 11) is 0. The lowest BCUT2D eigenvalue weighted by Gasteiger charge is -2.32. The monoisotopic (exact) mass is 823 g/mol. The van der Waals surface area contributed by atoms with Crippen molar-refractivity contribution in [1.29, 1.82) is 0 Å². The van der Waals surface area contributed by atoms with Crippen LogP contribution in [0.2, 0.25) is 0 Å². The highest BCUT2D eigenvalue weighted by Gasteiger charge is 2.52. The number of hydrogen-bond donors (Lipinski definition) is 0. The van der Waals surface area contributed by atoms with E-state index in [0.29, 0.717) is 0 Å². The molecule has 1 nitrogen and oxygen atoms in total. The van der Waals surface area contributed by atoms with Gasteiger partial charge in [-0.25, -0.2) is 0 Å². The third-order valence-corrected chi connectivity index (χ3v) is 14.4. The average molecular weight is 824 g/mol. The van der Waals surface area contributed by atoms with Gasteiger partial charge in [0.15, 0.2) is 0 Å². The molecule has 1 heteroatoms. The van der Waals surface area contributed by atoms with Crippen LogP contribution in [0.3, 0.4) is 0 Å². The molecule has 11 rings (SSSR count). The van der Waals surface area contributed by atoms with Crippen LogP contribution in [0.25, 0.3) is 50.1 Å². The molecule has 0 radical (unpaired) electrons. The Morgan fingerprint density at radius 2 is 1.08 bits per heavy atom. The lowest BCUT2D eigenvalue weighted by molar-refractivity contribution is 0.590. The fourth-order valence-electron chi connectivity index (χ4n) is 11.2. The molecule has 1 atom stereocenters. The summed E-state index contributed by atoms with van der Waals surface area (Å²) in [6.07, 6.45) is 8.20. The predicted octanol–water partition coefficient (Wildman–Crippen LogP) is 16.9. The van der Waals surface area contributed by atoms with E-state index in [1.165, 1.54) is 83.5 Å². The Balaban J connectivity index is 1.16. The Kier molecular flexibility index (Phi) is 9.09. The van der Waals surface area contributed by atoms with Crippen molar-refractivity contribution in [1.82, 2.24) is 0 Å². The summed E-state index contributed by atoms with van der Waals surface area (Å²) in [6, 6.07) is 66.9. The van der Waals surface area contributed by atoms with Crippen molar-refractivity contribution in [3.05, 3.63) is 251 Å². The van der Waals surface area contributed by atoms with Crippen molar-refractivity contribution in [2.24, 2.45) is 0 Å². The highest BCUT2D eigenvalue weighted by Crippen LogP contribution is 2.65. The van der Waals surface area contributed by atoms with E-state index in [-0.39, 0.29) is 10.8 Å². The molecule has 0 aliphatic heterocycles. The maximum absolute atomic E-state index is 4.16. The second-order valence-corrected chi connectivity index (χ2v) is 19.3. The Labute approximate surface area is 379 Å². The van der Waals surface area contributed by atoms with Crippen LogP contribution in [-0.2, 0) is 16.2 Å². The van der Waals surface area contributed by atoms with Gasteiger partial charge in [-0.2, -0.15) is 0 Å². The Hall–Kier alpha value is -7.22. The summed E-state index contributed by atoms with van der Waals surface area (Å²) in [6.45, 7) is 17.8. The smallest absolute Gasteiger partial charge is 0.0726 e. The molecule has 64 heavy (non-hydrogen) atoms. The van der Waals surface area contributed by atoms with Crippen LogP contribution in [0.1, 0.15) is 86.1 Å². The molecule has 8 aromatic rings. The van der Waals surface area contributed by atoms with E-state index in [0.717, 1.165) is 28.2 Å². The number of hydrogen-bond acceptors (Lipinski definition) is 1. The first-order valence-corrected chi connectivity index (χ1v) is 22.7. The van der Waals surface area contributed by atoms with Gasteiger partial charge < -0.3 is 4.90 Å². The first-order chi connectivity index (χ1) is 31.0. The molecule has 0 aromatic heterocycles. The van der Waals surface area contributed by atoms with Gasteiger partial charge in [0.25, 0.3) is 0 Å². The van der Waals surface area contributed by atoms with Crippen LogP contribution in [0.4, 0.5) is 17.1 Å². The zero-order chi connectivity index (χ0) is 44.0. The van der Waals surface area contributed by atoms with Gasteiger partial charge in [0.2, 0.25) is 0 Å². The summed E-state index contributed by atoms with van der Waals surface area (Å²) in [5, 5.41) is 0. The van der Waals surface area contributed by atoms with E-state index in [4.69, 9.17) is 0 Å². The molecule has 3 aliphatic rings. The number of nitrogens with zero attached hydrogens (tertiary/aromatic N) is 1. The van der Waals surface area contributed by atoms with Gasteiger partial charge in [0.1, 0.15) is 0 Å². The van der Waals surface area contributed by atoms with E-state index < -0.39 is 5.41 Å². The van der Waals surface area contributed by atoms with Gasteiger partial charge >= 0.3 is 0 Å². The molecular formula is C63H53N. The van der Waals surface area contributed by atoms with E-state index in [1.807, 2.05) is 13.0 Å². The van der Waals surface area contributed by atoms with Crippen molar-refractivity contribution in [2.75, 3.05) is 4.90 Å². The van der Waals surface area contributed by atoms with Crippen molar-refractivity contribution < 1.29 is 0 Å². The van der Waals surface area contributed by atoms with E-state index in [2.05, 4.69) is 240 Å². The molecule has 0 N–H and O–H groups in total. The first kappa shape index (κ1) is 39.6. The summed E-state index contributed by atoms with van der Waals surface area (Å²) in [4.78, 5) is 2.51. The molecule has 3 aliphatic carbocycles. The largest absolute Gasteiger partial charge is 0.310 e. The maximum Gasteiger partial charge on any atom is 0.0726 e. The van der Waals surface area contributed by atoms with E-state index >= 15 is 0 Å². The quantitative estimate of drug-likeness (QED) is 0.145. The molecule has 1 spiro atoms. The average Bonchev–Trinajstić information content (AvgIpc) is 3.88. The minimum Gasteiger partial charge on any atom is -0.310 e. The summed E-state index contributed by atoms with van der Waals surface area (Å²) < 4.78 is 0. The molecule has 0 fully saturated rings. The molecule has 0 heterocycles. The van der Waals surface area contributed by atoms with Crippen LogP contribution in [0.5, 0.6) is 0 Å². The van der Waals surface area contributed by atoms with Crippen molar-refractivity contribution in [2.45, 2.75) is 57.8 Å². The van der Waals surface area contributed by atoms with Gasteiger partial charge in [0, 0.05) is 22.4 Å². The standard InChI is InChI=1S/C63H53N/c1-8-10-18-41(9-2)42-29-34-46(35-30-42)64(47-36-38-50-48-19-11-14-22-53(48)62(6,7)57(50)40-47)59-26-17-25-56-60(59)52-21-13-16-24-55(52)63(56)54-23-15-12-20-49(54)51-37-31-44(39-58(51)63)43-27-32-45(33-28-43)61(3,4)5/h8-40H,2H2,1,3-7H3/b10-8-,41-18+. The molecule has 0 bridgehead atoms.